The van der Waals surface area contributed by atoms with Crippen molar-refractivity contribution < 1.29 is 13.2 Å². The number of nitrogens with one attached hydrogen (secondary N) is 2. The summed E-state index contributed by atoms with van der Waals surface area (Å²) in [7, 11) is -0.598. The van der Waals surface area contributed by atoms with Crippen molar-refractivity contribution in [1.82, 2.24) is 9.62 Å². The molecule has 2 atom stereocenters. The fourth-order valence-electron chi connectivity index (χ4n) is 2.42. The van der Waals surface area contributed by atoms with Crippen LogP contribution in [0.3, 0.4) is 0 Å². The second-order valence-corrected chi connectivity index (χ2v) is 9.51. The van der Waals surface area contributed by atoms with Crippen molar-refractivity contribution in [3.05, 3.63) is 46.2 Å². The summed E-state index contributed by atoms with van der Waals surface area (Å²) < 4.78 is 25.7. The maximum Gasteiger partial charge on any atom is 0.242 e. The molecule has 1 amide bonds. The van der Waals surface area contributed by atoms with E-state index in [1.54, 1.807) is 30.4 Å². The smallest absolute Gasteiger partial charge is 0.242 e. The number of anilines is 1. The van der Waals surface area contributed by atoms with Crippen LogP contribution in [-0.4, -0.2) is 38.8 Å². The van der Waals surface area contributed by atoms with Crippen LogP contribution in [0.5, 0.6) is 0 Å². The molecule has 1 aromatic carbocycles. The van der Waals surface area contributed by atoms with Crippen LogP contribution in [0.25, 0.3) is 0 Å². The molecule has 0 fully saturated rings. The van der Waals surface area contributed by atoms with Gasteiger partial charge in [0, 0.05) is 30.7 Å². The Morgan fingerprint density at radius 3 is 2.46 bits per heavy atom. The van der Waals surface area contributed by atoms with Gasteiger partial charge in [0.15, 0.2) is 0 Å². The molecule has 0 aliphatic heterocycles. The fourth-order valence-corrected chi connectivity index (χ4v) is 4.09. The summed E-state index contributed by atoms with van der Waals surface area (Å²) >= 11 is 1.63. The lowest BCUT2D eigenvalue weighted by molar-refractivity contribution is -0.117. The van der Waals surface area contributed by atoms with Crippen LogP contribution >= 0.6 is 11.3 Å². The van der Waals surface area contributed by atoms with Gasteiger partial charge in [-0.3, -0.25) is 10.1 Å². The van der Waals surface area contributed by atoms with Crippen LogP contribution in [0, 0.1) is 6.92 Å². The molecule has 2 aromatic rings. The minimum Gasteiger partial charge on any atom is -0.324 e. The standard InChI is InChI=1S/C18H25N3O3S2/c1-12-8-9-15(26(23,24)21(4)5)11-16(12)20-18(22)14(3)19-13(2)17-7-6-10-25-17/h6-11,13-14,19H,1-5H3,(H,20,22)/t13-,14-/m0/s1. The van der Waals surface area contributed by atoms with Crippen LogP contribution in [0.15, 0.2) is 40.6 Å². The van der Waals surface area contributed by atoms with Gasteiger partial charge < -0.3 is 5.32 Å². The molecule has 1 aromatic heterocycles. The predicted octanol–water partition coefficient (Wildman–Crippen LogP) is 2.98. The van der Waals surface area contributed by atoms with Crippen molar-refractivity contribution in [3.8, 4) is 0 Å². The number of hydrogen-bond acceptors (Lipinski definition) is 5. The second kappa shape index (κ2) is 8.30. The van der Waals surface area contributed by atoms with Crippen LogP contribution in [0.2, 0.25) is 0 Å². The average molecular weight is 396 g/mol. The van der Waals surface area contributed by atoms with Gasteiger partial charge in [0.2, 0.25) is 15.9 Å². The zero-order chi connectivity index (χ0) is 19.5. The molecule has 2 rings (SSSR count). The van der Waals surface area contributed by atoms with Crippen molar-refractivity contribution in [1.29, 1.82) is 0 Å². The summed E-state index contributed by atoms with van der Waals surface area (Å²) in [6.07, 6.45) is 0. The van der Waals surface area contributed by atoms with Gasteiger partial charge >= 0.3 is 0 Å². The molecule has 1 heterocycles. The van der Waals surface area contributed by atoms with E-state index in [1.165, 1.54) is 20.2 Å². The minimum absolute atomic E-state index is 0.0531. The lowest BCUT2D eigenvalue weighted by Crippen LogP contribution is -2.39. The third-order valence-corrected chi connectivity index (χ3v) is 6.97. The summed E-state index contributed by atoms with van der Waals surface area (Å²) in [5.41, 5.74) is 1.30. The molecule has 2 N–H and O–H groups in total. The van der Waals surface area contributed by atoms with Crippen molar-refractivity contribution in [3.63, 3.8) is 0 Å². The first-order chi connectivity index (χ1) is 12.1. The van der Waals surface area contributed by atoms with E-state index < -0.39 is 16.1 Å². The quantitative estimate of drug-likeness (QED) is 0.755. The molecule has 8 heteroatoms. The van der Waals surface area contributed by atoms with E-state index in [9.17, 15) is 13.2 Å². The van der Waals surface area contributed by atoms with Crippen molar-refractivity contribution in [2.24, 2.45) is 0 Å². The molecule has 0 saturated carbocycles. The van der Waals surface area contributed by atoms with E-state index in [0.717, 1.165) is 14.7 Å². The number of carbonyl (C=O) groups excluding carboxylic acids is 1. The van der Waals surface area contributed by atoms with E-state index in [-0.39, 0.29) is 16.8 Å². The number of sulfonamides is 1. The number of carbonyl (C=O) groups is 1. The number of nitrogens with zero attached hydrogens (tertiary/aromatic N) is 1. The average Bonchev–Trinajstić information content (AvgIpc) is 3.11. The highest BCUT2D eigenvalue weighted by molar-refractivity contribution is 7.89. The molecular formula is C18H25N3O3S2. The summed E-state index contributed by atoms with van der Waals surface area (Å²) in [4.78, 5) is 13.8. The first-order valence-corrected chi connectivity index (χ1v) is 10.6. The van der Waals surface area contributed by atoms with Gasteiger partial charge in [-0.25, -0.2) is 12.7 Å². The highest BCUT2D eigenvalue weighted by atomic mass is 32.2. The number of hydrogen-bond donors (Lipinski definition) is 2. The monoisotopic (exact) mass is 395 g/mol. The number of rotatable bonds is 7. The van der Waals surface area contributed by atoms with Gasteiger partial charge in [0.1, 0.15) is 0 Å². The van der Waals surface area contributed by atoms with E-state index >= 15 is 0 Å². The van der Waals surface area contributed by atoms with Gasteiger partial charge in [-0.2, -0.15) is 0 Å². The van der Waals surface area contributed by atoms with E-state index in [4.69, 9.17) is 0 Å². The molecule has 0 radical (unpaired) electrons. The molecular weight excluding hydrogens is 370 g/mol. The van der Waals surface area contributed by atoms with E-state index in [0.29, 0.717) is 5.69 Å². The molecule has 0 spiro atoms. The zero-order valence-electron chi connectivity index (χ0n) is 15.6. The topological polar surface area (TPSA) is 78.5 Å². The second-order valence-electron chi connectivity index (χ2n) is 6.38. The Bertz CT molecular complexity index is 862. The molecule has 0 aliphatic rings. The van der Waals surface area contributed by atoms with Crippen LogP contribution in [0.4, 0.5) is 5.69 Å². The van der Waals surface area contributed by atoms with Crippen LogP contribution < -0.4 is 10.6 Å². The number of aryl methyl sites for hydroxylation is 1. The van der Waals surface area contributed by atoms with Crippen LogP contribution in [0.1, 0.15) is 30.3 Å². The predicted molar refractivity (Wildman–Crippen MR) is 106 cm³/mol. The van der Waals surface area contributed by atoms with Gasteiger partial charge in [-0.05, 0) is 49.9 Å². The Labute approximate surface area is 159 Å². The zero-order valence-corrected chi connectivity index (χ0v) is 17.2. The SMILES string of the molecule is Cc1ccc(S(=O)(=O)N(C)C)cc1NC(=O)[C@H](C)N[C@@H](C)c1cccs1. The molecule has 142 valence electrons. The lowest BCUT2D eigenvalue weighted by atomic mass is 10.2. The number of benzene rings is 1. The van der Waals surface area contributed by atoms with E-state index in [1.807, 2.05) is 31.4 Å². The third-order valence-electron chi connectivity index (χ3n) is 4.11. The summed E-state index contributed by atoms with van der Waals surface area (Å²) in [5, 5.41) is 8.09. The van der Waals surface area contributed by atoms with E-state index in [2.05, 4.69) is 10.6 Å². The molecule has 6 nitrogen and oxygen atoms in total. The van der Waals surface area contributed by atoms with Crippen molar-refractivity contribution in [2.75, 3.05) is 19.4 Å². The van der Waals surface area contributed by atoms with Crippen LogP contribution in [-0.2, 0) is 14.8 Å². The van der Waals surface area contributed by atoms with Gasteiger partial charge in [0.05, 0.1) is 10.9 Å². The Morgan fingerprint density at radius 1 is 1.19 bits per heavy atom. The molecule has 0 saturated heterocycles. The summed E-state index contributed by atoms with van der Waals surface area (Å²) in [6.45, 7) is 5.62. The van der Waals surface area contributed by atoms with Crippen molar-refractivity contribution >= 4 is 33.0 Å². The fraction of sp³-hybridized carbons (Fsp3) is 0.389. The Morgan fingerprint density at radius 2 is 1.88 bits per heavy atom. The number of thiophene rings is 1. The minimum atomic E-state index is -3.55. The Hall–Kier alpha value is -1.74. The van der Waals surface area contributed by atoms with Gasteiger partial charge in [-0.15, -0.1) is 11.3 Å². The van der Waals surface area contributed by atoms with Gasteiger partial charge in [-0.1, -0.05) is 12.1 Å². The first kappa shape index (κ1) is 20.6. The summed E-state index contributed by atoms with van der Waals surface area (Å²) in [5.74, 6) is -0.212. The highest BCUT2D eigenvalue weighted by Crippen LogP contribution is 2.23. The lowest BCUT2D eigenvalue weighted by Gasteiger charge is -2.20. The molecule has 26 heavy (non-hydrogen) atoms. The number of amides is 1. The maximum absolute atomic E-state index is 12.5. The largest absolute Gasteiger partial charge is 0.324 e. The maximum atomic E-state index is 12.5. The summed E-state index contributed by atoms with van der Waals surface area (Å²) in [6, 6.07) is 8.35. The van der Waals surface area contributed by atoms with Gasteiger partial charge in [0.25, 0.3) is 0 Å². The van der Waals surface area contributed by atoms with Crippen molar-refractivity contribution in [2.45, 2.75) is 37.8 Å². The normalized spacial score (nSPS) is 14.2. The Kier molecular flexibility index (Phi) is 6.57. The highest BCUT2D eigenvalue weighted by Gasteiger charge is 2.21. The third kappa shape index (κ3) is 4.70. The molecule has 0 bridgehead atoms. The first-order valence-electron chi connectivity index (χ1n) is 8.26. The molecule has 0 aliphatic carbocycles. The molecule has 0 unspecified atom stereocenters. The Balaban J connectivity index is 2.13.